The highest BCUT2D eigenvalue weighted by atomic mass is 79.9. The molecule has 0 saturated heterocycles. The molecule has 1 aromatic heterocycles. The first kappa shape index (κ1) is 18.9. The van der Waals surface area contributed by atoms with E-state index in [-0.39, 0.29) is 12.5 Å². The minimum Gasteiger partial charge on any atom is -0.365 e. The van der Waals surface area contributed by atoms with Gasteiger partial charge in [0.05, 0.1) is 12.1 Å². The van der Waals surface area contributed by atoms with Crippen molar-refractivity contribution in [2.24, 2.45) is 5.73 Å². The van der Waals surface area contributed by atoms with Crippen molar-refractivity contribution in [2.45, 2.75) is 20.8 Å². The summed E-state index contributed by atoms with van der Waals surface area (Å²) in [6.07, 6.45) is 0. The molecule has 0 aliphatic rings. The number of carbonyl (C=O) groups is 2. The number of likely N-dealkylation sites (N-methyl/N-ethyl adjacent to an activating group) is 1. The summed E-state index contributed by atoms with van der Waals surface area (Å²) in [6.45, 7) is 5.60. The average molecular weight is 405 g/mol. The van der Waals surface area contributed by atoms with Crippen LogP contribution in [0.5, 0.6) is 0 Å². The van der Waals surface area contributed by atoms with E-state index in [9.17, 15) is 9.59 Å². The van der Waals surface area contributed by atoms with Gasteiger partial charge in [0.25, 0.3) is 5.91 Å². The zero-order valence-electron chi connectivity index (χ0n) is 14.7. The van der Waals surface area contributed by atoms with Gasteiger partial charge in [0, 0.05) is 22.9 Å². The van der Waals surface area contributed by atoms with Gasteiger partial charge in [0.15, 0.2) is 0 Å². The van der Waals surface area contributed by atoms with Gasteiger partial charge in [0.1, 0.15) is 5.82 Å². The number of rotatable bonds is 5. The summed E-state index contributed by atoms with van der Waals surface area (Å²) in [4.78, 5) is 30.2. The number of pyridine rings is 1. The molecule has 7 heteroatoms. The van der Waals surface area contributed by atoms with Crippen LogP contribution in [0, 0.1) is 20.8 Å². The Morgan fingerprint density at radius 2 is 1.88 bits per heavy atom. The Morgan fingerprint density at radius 1 is 1.20 bits per heavy atom. The molecule has 0 unspecified atom stereocenters. The minimum absolute atomic E-state index is 0.0473. The molecule has 0 aliphatic heterocycles. The smallest absolute Gasteiger partial charge is 0.252 e. The van der Waals surface area contributed by atoms with Gasteiger partial charge in [-0.3, -0.25) is 9.59 Å². The fourth-order valence-corrected chi connectivity index (χ4v) is 3.12. The molecule has 1 heterocycles. The van der Waals surface area contributed by atoms with Crippen LogP contribution >= 0.6 is 15.9 Å². The zero-order chi connectivity index (χ0) is 18.7. The lowest BCUT2D eigenvalue weighted by molar-refractivity contribution is -0.114. The summed E-state index contributed by atoms with van der Waals surface area (Å²) in [6, 6.07) is 7.42. The SMILES string of the molecule is Cc1cc(C)c(C(N)=O)c(N(C)CC(=O)Nc2ccc(Br)cc2C)n1. The van der Waals surface area contributed by atoms with Crippen molar-refractivity contribution in [3.63, 3.8) is 0 Å². The number of benzene rings is 1. The standard InChI is InChI=1S/C18H21BrN4O2/c1-10-8-13(19)5-6-14(10)22-15(24)9-23(4)18-16(17(20)25)11(2)7-12(3)21-18/h5-8H,9H2,1-4H3,(H2,20,25)(H,22,24). The fraction of sp³-hybridized carbons (Fsp3) is 0.278. The number of hydrogen-bond donors (Lipinski definition) is 2. The van der Waals surface area contributed by atoms with E-state index in [1.165, 1.54) is 0 Å². The first-order valence-corrected chi connectivity index (χ1v) is 8.53. The zero-order valence-corrected chi connectivity index (χ0v) is 16.3. The Morgan fingerprint density at radius 3 is 2.48 bits per heavy atom. The molecule has 0 aliphatic carbocycles. The molecular weight excluding hydrogens is 384 g/mol. The largest absolute Gasteiger partial charge is 0.365 e. The van der Waals surface area contributed by atoms with Crippen LogP contribution in [-0.4, -0.2) is 30.4 Å². The Balaban J connectivity index is 2.20. The molecule has 0 radical (unpaired) electrons. The number of halogens is 1. The molecule has 0 bridgehead atoms. The number of amides is 2. The van der Waals surface area contributed by atoms with Crippen molar-refractivity contribution in [1.29, 1.82) is 0 Å². The fourth-order valence-electron chi connectivity index (χ4n) is 2.65. The van der Waals surface area contributed by atoms with E-state index < -0.39 is 5.91 Å². The predicted molar refractivity (Wildman–Crippen MR) is 103 cm³/mol. The van der Waals surface area contributed by atoms with Gasteiger partial charge in [-0.25, -0.2) is 4.98 Å². The number of primary amides is 1. The summed E-state index contributed by atoms with van der Waals surface area (Å²) in [5, 5.41) is 2.87. The van der Waals surface area contributed by atoms with Gasteiger partial charge >= 0.3 is 0 Å². The predicted octanol–water partition coefficient (Wildman–Crippen LogP) is 2.94. The highest BCUT2D eigenvalue weighted by Gasteiger charge is 2.19. The van der Waals surface area contributed by atoms with E-state index >= 15 is 0 Å². The number of carbonyl (C=O) groups excluding carboxylic acids is 2. The van der Waals surface area contributed by atoms with Crippen LogP contribution in [0.4, 0.5) is 11.5 Å². The van der Waals surface area contributed by atoms with Crippen molar-refractivity contribution < 1.29 is 9.59 Å². The molecule has 25 heavy (non-hydrogen) atoms. The number of nitrogens with zero attached hydrogens (tertiary/aromatic N) is 2. The van der Waals surface area contributed by atoms with E-state index in [2.05, 4.69) is 26.2 Å². The number of aryl methyl sites for hydroxylation is 3. The Labute approximate surface area is 155 Å². The van der Waals surface area contributed by atoms with Gasteiger partial charge in [0.2, 0.25) is 5.91 Å². The molecule has 0 spiro atoms. The second-order valence-electron chi connectivity index (χ2n) is 6.01. The van der Waals surface area contributed by atoms with Gasteiger partial charge in [-0.1, -0.05) is 15.9 Å². The van der Waals surface area contributed by atoms with E-state index in [0.29, 0.717) is 11.4 Å². The molecule has 3 N–H and O–H groups in total. The number of aromatic nitrogens is 1. The maximum atomic E-state index is 12.4. The lowest BCUT2D eigenvalue weighted by Gasteiger charge is -2.21. The third-order valence-electron chi connectivity index (χ3n) is 3.78. The summed E-state index contributed by atoms with van der Waals surface area (Å²) < 4.78 is 0.950. The van der Waals surface area contributed by atoms with Crippen LogP contribution in [0.3, 0.4) is 0 Å². The lowest BCUT2D eigenvalue weighted by atomic mass is 10.1. The quantitative estimate of drug-likeness (QED) is 0.801. The normalized spacial score (nSPS) is 10.4. The molecular formula is C18H21BrN4O2. The molecule has 6 nitrogen and oxygen atoms in total. The van der Waals surface area contributed by atoms with Crippen molar-refractivity contribution in [3.8, 4) is 0 Å². The molecule has 2 amide bonds. The van der Waals surface area contributed by atoms with E-state index in [1.807, 2.05) is 32.0 Å². The maximum absolute atomic E-state index is 12.4. The molecule has 132 valence electrons. The van der Waals surface area contributed by atoms with Crippen LogP contribution in [-0.2, 0) is 4.79 Å². The van der Waals surface area contributed by atoms with Crippen molar-refractivity contribution in [1.82, 2.24) is 4.98 Å². The maximum Gasteiger partial charge on any atom is 0.252 e. The monoisotopic (exact) mass is 404 g/mol. The molecule has 0 saturated carbocycles. The second kappa shape index (κ2) is 7.65. The Hall–Kier alpha value is -2.41. The molecule has 0 atom stereocenters. The minimum atomic E-state index is -0.559. The van der Waals surface area contributed by atoms with Crippen molar-refractivity contribution >= 4 is 39.2 Å². The van der Waals surface area contributed by atoms with Crippen LogP contribution < -0.4 is 16.0 Å². The summed E-state index contributed by atoms with van der Waals surface area (Å²) >= 11 is 3.40. The van der Waals surface area contributed by atoms with Crippen molar-refractivity contribution in [2.75, 3.05) is 23.8 Å². The van der Waals surface area contributed by atoms with Crippen LogP contribution in [0.25, 0.3) is 0 Å². The molecule has 2 rings (SSSR count). The Bertz CT molecular complexity index is 836. The van der Waals surface area contributed by atoms with Crippen LogP contribution in [0.1, 0.15) is 27.2 Å². The molecule has 2 aromatic rings. The van der Waals surface area contributed by atoms with E-state index in [1.54, 1.807) is 24.9 Å². The third-order valence-corrected chi connectivity index (χ3v) is 4.27. The highest BCUT2D eigenvalue weighted by molar-refractivity contribution is 9.10. The second-order valence-corrected chi connectivity index (χ2v) is 6.92. The number of anilines is 2. The van der Waals surface area contributed by atoms with Gasteiger partial charge in [-0.15, -0.1) is 0 Å². The number of nitrogens with two attached hydrogens (primary N) is 1. The van der Waals surface area contributed by atoms with Gasteiger partial charge < -0.3 is 16.0 Å². The summed E-state index contributed by atoms with van der Waals surface area (Å²) in [5.74, 6) is -0.354. The van der Waals surface area contributed by atoms with Crippen LogP contribution in [0.15, 0.2) is 28.7 Å². The molecule has 1 aromatic carbocycles. The van der Waals surface area contributed by atoms with Crippen molar-refractivity contribution in [3.05, 3.63) is 51.1 Å². The molecule has 0 fully saturated rings. The third kappa shape index (κ3) is 4.57. The summed E-state index contributed by atoms with van der Waals surface area (Å²) in [5.41, 5.74) is 9.01. The lowest BCUT2D eigenvalue weighted by Crippen LogP contribution is -2.33. The first-order valence-electron chi connectivity index (χ1n) is 7.74. The first-order chi connectivity index (χ1) is 11.7. The van der Waals surface area contributed by atoms with Gasteiger partial charge in [-0.2, -0.15) is 0 Å². The number of hydrogen-bond acceptors (Lipinski definition) is 4. The van der Waals surface area contributed by atoms with E-state index in [0.717, 1.165) is 27.0 Å². The summed E-state index contributed by atoms with van der Waals surface area (Å²) in [7, 11) is 1.71. The van der Waals surface area contributed by atoms with Gasteiger partial charge in [-0.05, 0) is 56.2 Å². The number of nitrogens with one attached hydrogen (secondary N) is 1. The Kier molecular flexibility index (Phi) is 5.79. The highest BCUT2D eigenvalue weighted by Crippen LogP contribution is 2.22. The topological polar surface area (TPSA) is 88.3 Å². The average Bonchev–Trinajstić information content (AvgIpc) is 2.48. The van der Waals surface area contributed by atoms with Crippen LogP contribution in [0.2, 0.25) is 0 Å². The van der Waals surface area contributed by atoms with E-state index in [4.69, 9.17) is 5.73 Å².